The van der Waals surface area contributed by atoms with Gasteiger partial charge in [-0.05, 0) is 5.92 Å². The maximum atomic E-state index is 3.98. The van der Waals surface area contributed by atoms with E-state index in [1.807, 2.05) is 0 Å². The number of unbranched alkanes of at least 4 members (excludes halogenated alkanes) is 22. The van der Waals surface area contributed by atoms with Gasteiger partial charge in [0.2, 0.25) is 0 Å². The summed E-state index contributed by atoms with van der Waals surface area (Å²) in [5.74, 6) is 1.02. The van der Waals surface area contributed by atoms with Gasteiger partial charge in [-0.15, -0.1) is 0 Å². The first-order valence-electron chi connectivity index (χ1n) is 15.6. The van der Waals surface area contributed by atoms with E-state index in [4.69, 9.17) is 0 Å². The standard InChI is InChI=1S/C32H65/c1-4-7-10-12-13-14-15-16-17-18-19-20-21-22-23-24-25-26-28-31-32(29-9-6-3)30-27-11-8-5-2/h32H,2,4-31H2,1,3H3. The molecule has 1 radical (unpaired) electrons. The lowest BCUT2D eigenvalue weighted by atomic mass is 9.90. The summed E-state index contributed by atoms with van der Waals surface area (Å²) in [6.45, 7) is 8.63. The second-order valence-electron chi connectivity index (χ2n) is 10.9. The van der Waals surface area contributed by atoms with Crippen LogP contribution in [-0.2, 0) is 0 Å². The average Bonchev–Trinajstić information content (AvgIpc) is 2.81. The quantitative estimate of drug-likeness (QED) is 0.104. The van der Waals surface area contributed by atoms with Gasteiger partial charge in [-0.25, -0.2) is 0 Å². The van der Waals surface area contributed by atoms with Crippen molar-refractivity contribution in [1.82, 2.24) is 0 Å². The van der Waals surface area contributed by atoms with Gasteiger partial charge in [0.15, 0.2) is 0 Å². The lowest BCUT2D eigenvalue weighted by Gasteiger charge is -2.16. The van der Waals surface area contributed by atoms with Crippen molar-refractivity contribution >= 4 is 0 Å². The second kappa shape index (κ2) is 29.0. The molecule has 1 atom stereocenters. The van der Waals surface area contributed by atoms with Crippen molar-refractivity contribution in [2.75, 3.05) is 0 Å². The van der Waals surface area contributed by atoms with E-state index in [0.29, 0.717) is 0 Å². The van der Waals surface area contributed by atoms with Crippen LogP contribution < -0.4 is 0 Å². The Morgan fingerprint density at radius 2 is 0.625 bits per heavy atom. The topological polar surface area (TPSA) is 0 Å². The Balaban J connectivity index is 3.29. The molecule has 0 spiro atoms. The highest BCUT2D eigenvalue weighted by molar-refractivity contribution is 4.61. The van der Waals surface area contributed by atoms with Crippen LogP contribution in [0.15, 0.2) is 0 Å². The first-order chi connectivity index (χ1) is 15.8. The number of hydrogen-bond acceptors (Lipinski definition) is 0. The molecule has 0 heterocycles. The Morgan fingerprint density at radius 3 is 0.969 bits per heavy atom. The molecule has 0 N–H and O–H groups in total. The highest BCUT2D eigenvalue weighted by Gasteiger charge is 2.08. The van der Waals surface area contributed by atoms with Crippen LogP contribution >= 0.6 is 0 Å². The maximum Gasteiger partial charge on any atom is -0.0414 e. The zero-order valence-corrected chi connectivity index (χ0v) is 23.1. The van der Waals surface area contributed by atoms with Crippen LogP contribution in [0.2, 0.25) is 0 Å². The van der Waals surface area contributed by atoms with Gasteiger partial charge < -0.3 is 0 Å². The number of hydrogen-bond donors (Lipinski definition) is 0. The molecule has 0 aliphatic heterocycles. The van der Waals surface area contributed by atoms with Gasteiger partial charge in [-0.2, -0.15) is 0 Å². The van der Waals surface area contributed by atoms with Crippen molar-refractivity contribution in [2.24, 2.45) is 5.92 Å². The van der Waals surface area contributed by atoms with E-state index >= 15 is 0 Å². The Bertz CT molecular complexity index is 307. The molecular weight excluding hydrogens is 384 g/mol. The van der Waals surface area contributed by atoms with E-state index < -0.39 is 0 Å². The van der Waals surface area contributed by atoms with Crippen molar-refractivity contribution in [3.05, 3.63) is 6.92 Å². The highest BCUT2D eigenvalue weighted by Crippen LogP contribution is 2.24. The van der Waals surface area contributed by atoms with Crippen LogP contribution in [0.25, 0.3) is 0 Å². The minimum atomic E-state index is 1.02. The largest absolute Gasteiger partial charge is 0.0654 e. The van der Waals surface area contributed by atoms with E-state index in [0.717, 1.165) is 12.3 Å². The Labute approximate surface area is 206 Å². The molecule has 0 aromatic heterocycles. The third kappa shape index (κ3) is 26.3. The lowest BCUT2D eigenvalue weighted by molar-refractivity contribution is 0.372. The zero-order valence-electron chi connectivity index (χ0n) is 23.1. The Morgan fingerprint density at radius 1 is 0.344 bits per heavy atom. The molecule has 0 rings (SSSR count). The minimum absolute atomic E-state index is 1.02. The first-order valence-corrected chi connectivity index (χ1v) is 15.6. The smallest absolute Gasteiger partial charge is 0.0414 e. The normalized spacial score (nSPS) is 12.5. The molecule has 0 nitrogen and oxygen atoms in total. The van der Waals surface area contributed by atoms with E-state index in [9.17, 15) is 0 Å². The van der Waals surface area contributed by atoms with Crippen molar-refractivity contribution < 1.29 is 0 Å². The summed E-state index contributed by atoms with van der Waals surface area (Å²) in [5.41, 5.74) is 0. The van der Waals surface area contributed by atoms with Gasteiger partial charge in [0.1, 0.15) is 0 Å². The minimum Gasteiger partial charge on any atom is -0.0654 e. The molecule has 0 aliphatic carbocycles. The van der Waals surface area contributed by atoms with Gasteiger partial charge in [0, 0.05) is 0 Å². The third-order valence-corrected chi connectivity index (χ3v) is 7.54. The summed E-state index contributed by atoms with van der Waals surface area (Å²) in [6, 6.07) is 0. The van der Waals surface area contributed by atoms with Crippen LogP contribution in [0.3, 0.4) is 0 Å². The highest BCUT2D eigenvalue weighted by atomic mass is 14.1. The molecule has 0 heteroatoms. The van der Waals surface area contributed by atoms with Gasteiger partial charge in [-0.1, -0.05) is 201 Å². The van der Waals surface area contributed by atoms with Crippen molar-refractivity contribution in [1.29, 1.82) is 0 Å². The molecule has 0 saturated heterocycles. The molecule has 0 saturated carbocycles. The van der Waals surface area contributed by atoms with Crippen LogP contribution in [-0.4, -0.2) is 0 Å². The van der Waals surface area contributed by atoms with Gasteiger partial charge in [0.25, 0.3) is 0 Å². The van der Waals surface area contributed by atoms with Crippen LogP contribution in [0, 0.1) is 12.8 Å². The summed E-state index contributed by atoms with van der Waals surface area (Å²) in [4.78, 5) is 0. The summed E-state index contributed by atoms with van der Waals surface area (Å²) in [6.07, 6.45) is 40.7. The van der Waals surface area contributed by atoms with Gasteiger partial charge in [-0.3, -0.25) is 0 Å². The van der Waals surface area contributed by atoms with E-state index in [-0.39, 0.29) is 0 Å². The fourth-order valence-corrected chi connectivity index (χ4v) is 5.22. The molecule has 0 amide bonds. The van der Waals surface area contributed by atoms with Gasteiger partial charge >= 0.3 is 0 Å². The summed E-state index contributed by atoms with van der Waals surface area (Å²) in [5, 5.41) is 0. The molecule has 0 fully saturated rings. The van der Waals surface area contributed by atoms with Crippen molar-refractivity contribution in [3.8, 4) is 0 Å². The zero-order chi connectivity index (χ0) is 23.4. The first kappa shape index (κ1) is 32.0. The van der Waals surface area contributed by atoms with Crippen molar-refractivity contribution in [3.63, 3.8) is 0 Å². The second-order valence-corrected chi connectivity index (χ2v) is 10.9. The molecule has 0 aliphatic rings. The van der Waals surface area contributed by atoms with Crippen LogP contribution in [0.4, 0.5) is 0 Å². The van der Waals surface area contributed by atoms with Crippen LogP contribution in [0.1, 0.15) is 194 Å². The Hall–Kier alpha value is 0. The fraction of sp³-hybridized carbons (Fsp3) is 0.969. The van der Waals surface area contributed by atoms with E-state index in [1.165, 1.54) is 173 Å². The summed E-state index contributed by atoms with van der Waals surface area (Å²) < 4.78 is 0. The predicted molar refractivity (Wildman–Crippen MR) is 149 cm³/mol. The SMILES string of the molecule is [CH2]CCCCCC(CCCC)CCCCCCCCCCCCCCCCCCCCC. The van der Waals surface area contributed by atoms with E-state index in [2.05, 4.69) is 20.8 Å². The molecule has 0 aromatic carbocycles. The lowest BCUT2D eigenvalue weighted by Crippen LogP contribution is -2.01. The number of rotatable bonds is 28. The van der Waals surface area contributed by atoms with Crippen LogP contribution in [0.5, 0.6) is 0 Å². The molecule has 32 heavy (non-hydrogen) atoms. The molecular formula is C32H65. The van der Waals surface area contributed by atoms with Crippen molar-refractivity contribution in [2.45, 2.75) is 194 Å². The predicted octanol–water partition coefficient (Wildman–Crippen LogP) is 12.4. The summed E-state index contributed by atoms with van der Waals surface area (Å²) >= 11 is 0. The average molecular weight is 450 g/mol. The molecule has 193 valence electrons. The van der Waals surface area contributed by atoms with E-state index in [1.54, 1.807) is 0 Å². The maximum absolute atomic E-state index is 3.98. The third-order valence-electron chi connectivity index (χ3n) is 7.54. The summed E-state index contributed by atoms with van der Waals surface area (Å²) in [7, 11) is 0. The molecule has 0 bridgehead atoms. The van der Waals surface area contributed by atoms with Gasteiger partial charge in [0.05, 0.1) is 0 Å². The molecule has 1 unspecified atom stereocenters. The fourth-order valence-electron chi connectivity index (χ4n) is 5.22. The Kier molecular flexibility index (Phi) is 29.0. The molecule has 0 aromatic rings. The monoisotopic (exact) mass is 450 g/mol.